The average molecular weight is 132 g/mol. The van der Waals surface area contributed by atoms with Crippen molar-refractivity contribution in [2.45, 2.75) is 38.3 Å². The zero-order valence-corrected chi connectivity index (χ0v) is 5.45. The second-order valence-electron chi connectivity index (χ2n) is 2.44. The van der Waals surface area contributed by atoms with E-state index in [1.807, 2.05) is 0 Å². The molecule has 0 bridgehead atoms. The summed E-state index contributed by atoms with van der Waals surface area (Å²) in [6.45, 7) is 1.76. The van der Waals surface area contributed by atoms with E-state index in [0.717, 1.165) is 0 Å². The fourth-order valence-corrected chi connectivity index (χ4v) is 0.955. The molecular formula is C6H12O3. The highest BCUT2D eigenvalue weighted by Gasteiger charge is 2.24. The molecule has 1 saturated heterocycles. The molecule has 1 aliphatic heterocycles. The molecule has 0 saturated carbocycles. The van der Waals surface area contributed by atoms with Crippen LogP contribution in [-0.4, -0.2) is 28.7 Å². The van der Waals surface area contributed by atoms with Gasteiger partial charge in [0.05, 0.1) is 12.2 Å². The molecule has 0 amide bonds. The molecule has 1 fully saturated rings. The van der Waals surface area contributed by atoms with Crippen molar-refractivity contribution in [1.82, 2.24) is 0 Å². The van der Waals surface area contributed by atoms with Crippen molar-refractivity contribution in [3.05, 3.63) is 0 Å². The Morgan fingerprint density at radius 3 is 2.44 bits per heavy atom. The third-order valence-electron chi connectivity index (χ3n) is 1.62. The predicted octanol–water partition coefficient (Wildman–Crippen LogP) is -0.135. The Labute approximate surface area is 54.3 Å². The van der Waals surface area contributed by atoms with Crippen LogP contribution < -0.4 is 0 Å². The summed E-state index contributed by atoms with van der Waals surface area (Å²) in [5, 5.41) is 17.9. The summed E-state index contributed by atoms with van der Waals surface area (Å²) in [6, 6.07) is 0. The van der Waals surface area contributed by atoms with E-state index in [2.05, 4.69) is 0 Å². The van der Waals surface area contributed by atoms with E-state index in [0.29, 0.717) is 12.8 Å². The standard InChI is InChI=1S/C6H12O3/c1-4-5(7)2-3-6(8)9-4/h4-8H,2-3H2,1H3. The number of aliphatic hydroxyl groups is 2. The van der Waals surface area contributed by atoms with Crippen LogP contribution in [0.3, 0.4) is 0 Å². The Kier molecular flexibility index (Phi) is 2.05. The van der Waals surface area contributed by atoms with Crippen molar-refractivity contribution >= 4 is 0 Å². The average Bonchev–Trinajstić information content (AvgIpc) is 1.80. The summed E-state index contributed by atoms with van der Waals surface area (Å²) in [7, 11) is 0. The van der Waals surface area contributed by atoms with Gasteiger partial charge in [-0.2, -0.15) is 0 Å². The molecule has 9 heavy (non-hydrogen) atoms. The minimum absolute atomic E-state index is 0.214. The zero-order valence-electron chi connectivity index (χ0n) is 5.45. The Hall–Kier alpha value is -0.120. The fourth-order valence-electron chi connectivity index (χ4n) is 0.955. The van der Waals surface area contributed by atoms with E-state index in [1.165, 1.54) is 0 Å². The molecule has 54 valence electrons. The van der Waals surface area contributed by atoms with Crippen LogP contribution in [0.2, 0.25) is 0 Å². The zero-order chi connectivity index (χ0) is 6.85. The molecule has 3 unspecified atom stereocenters. The summed E-state index contributed by atoms with van der Waals surface area (Å²) in [5.41, 5.74) is 0. The van der Waals surface area contributed by atoms with Gasteiger partial charge < -0.3 is 14.9 Å². The highest BCUT2D eigenvalue weighted by atomic mass is 16.6. The van der Waals surface area contributed by atoms with Crippen LogP contribution >= 0.6 is 0 Å². The van der Waals surface area contributed by atoms with Crippen molar-refractivity contribution in [3.63, 3.8) is 0 Å². The lowest BCUT2D eigenvalue weighted by Crippen LogP contribution is -2.36. The molecule has 3 nitrogen and oxygen atoms in total. The van der Waals surface area contributed by atoms with Crippen LogP contribution in [0.5, 0.6) is 0 Å². The number of hydrogen-bond acceptors (Lipinski definition) is 3. The summed E-state index contributed by atoms with van der Waals surface area (Å²) in [6.07, 6.45) is -0.0843. The van der Waals surface area contributed by atoms with Gasteiger partial charge in [-0.15, -0.1) is 0 Å². The van der Waals surface area contributed by atoms with Crippen LogP contribution in [0.25, 0.3) is 0 Å². The van der Waals surface area contributed by atoms with Crippen LogP contribution in [0.1, 0.15) is 19.8 Å². The lowest BCUT2D eigenvalue weighted by Gasteiger charge is -2.28. The van der Waals surface area contributed by atoms with Crippen molar-refractivity contribution in [3.8, 4) is 0 Å². The molecular weight excluding hydrogens is 120 g/mol. The summed E-state index contributed by atoms with van der Waals surface area (Å²) in [4.78, 5) is 0. The lowest BCUT2D eigenvalue weighted by molar-refractivity contribution is -0.192. The van der Waals surface area contributed by atoms with Crippen LogP contribution in [-0.2, 0) is 4.74 Å². The van der Waals surface area contributed by atoms with Gasteiger partial charge in [-0.1, -0.05) is 0 Å². The molecule has 1 heterocycles. The van der Waals surface area contributed by atoms with E-state index in [1.54, 1.807) is 6.92 Å². The monoisotopic (exact) mass is 132 g/mol. The maximum absolute atomic E-state index is 9.06. The van der Waals surface area contributed by atoms with Crippen molar-refractivity contribution in [2.24, 2.45) is 0 Å². The molecule has 3 atom stereocenters. The van der Waals surface area contributed by atoms with E-state index in [9.17, 15) is 0 Å². The van der Waals surface area contributed by atoms with Gasteiger partial charge in [0.25, 0.3) is 0 Å². The molecule has 0 radical (unpaired) electrons. The summed E-state index contributed by atoms with van der Waals surface area (Å²) in [5.74, 6) is 0. The molecule has 1 aliphatic rings. The minimum atomic E-state index is -0.664. The van der Waals surface area contributed by atoms with E-state index in [4.69, 9.17) is 14.9 Å². The van der Waals surface area contributed by atoms with Gasteiger partial charge in [0.15, 0.2) is 6.29 Å². The van der Waals surface area contributed by atoms with Gasteiger partial charge in [-0.3, -0.25) is 0 Å². The number of ether oxygens (including phenoxy) is 1. The largest absolute Gasteiger partial charge is 0.390 e. The van der Waals surface area contributed by atoms with Crippen LogP contribution in [0, 0.1) is 0 Å². The summed E-state index contributed by atoms with van der Waals surface area (Å²) < 4.78 is 4.90. The van der Waals surface area contributed by atoms with Gasteiger partial charge in [-0.05, 0) is 13.3 Å². The van der Waals surface area contributed by atoms with Gasteiger partial charge in [-0.25, -0.2) is 0 Å². The number of hydrogen-bond donors (Lipinski definition) is 2. The first-order valence-corrected chi connectivity index (χ1v) is 3.21. The SMILES string of the molecule is CC1OC(O)CCC1O. The first kappa shape index (κ1) is 6.99. The van der Waals surface area contributed by atoms with Gasteiger partial charge in [0.1, 0.15) is 0 Å². The second-order valence-corrected chi connectivity index (χ2v) is 2.44. The van der Waals surface area contributed by atoms with E-state index in [-0.39, 0.29) is 6.10 Å². The van der Waals surface area contributed by atoms with E-state index >= 15 is 0 Å². The normalized spacial score (nSPS) is 45.0. The molecule has 1 rings (SSSR count). The Bertz CT molecular complexity index is 94.3. The van der Waals surface area contributed by atoms with Gasteiger partial charge in [0, 0.05) is 6.42 Å². The van der Waals surface area contributed by atoms with E-state index < -0.39 is 12.4 Å². The van der Waals surface area contributed by atoms with Gasteiger partial charge >= 0.3 is 0 Å². The van der Waals surface area contributed by atoms with Crippen LogP contribution in [0.4, 0.5) is 0 Å². The predicted molar refractivity (Wildman–Crippen MR) is 31.8 cm³/mol. The maximum Gasteiger partial charge on any atom is 0.155 e. The minimum Gasteiger partial charge on any atom is -0.390 e. The third-order valence-corrected chi connectivity index (χ3v) is 1.62. The maximum atomic E-state index is 9.06. The van der Waals surface area contributed by atoms with Crippen molar-refractivity contribution in [2.75, 3.05) is 0 Å². The highest BCUT2D eigenvalue weighted by Crippen LogP contribution is 2.16. The highest BCUT2D eigenvalue weighted by molar-refractivity contribution is 4.69. The van der Waals surface area contributed by atoms with Crippen molar-refractivity contribution < 1.29 is 14.9 Å². The summed E-state index contributed by atoms with van der Waals surface area (Å²) >= 11 is 0. The molecule has 0 aliphatic carbocycles. The molecule has 0 aromatic heterocycles. The molecule has 0 spiro atoms. The topological polar surface area (TPSA) is 49.7 Å². The lowest BCUT2D eigenvalue weighted by atomic mass is 10.1. The number of rotatable bonds is 0. The molecule has 0 aromatic carbocycles. The fraction of sp³-hybridized carbons (Fsp3) is 1.00. The second kappa shape index (κ2) is 2.64. The van der Waals surface area contributed by atoms with Crippen LogP contribution in [0.15, 0.2) is 0 Å². The van der Waals surface area contributed by atoms with Gasteiger partial charge in [0.2, 0.25) is 0 Å². The Morgan fingerprint density at radius 1 is 1.33 bits per heavy atom. The van der Waals surface area contributed by atoms with Crippen molar-refractivity contribution in [1.29, 1.82) is 0 Å². The number of aliphatic hydroxyl groups excluding tert-OH is 2. The Morgan fingerprint density at radius 2 is 2.00 bits per heavy atom. The molecule has 2 N–H and O–H groups in total. The third kappa shape index (κ3) is 1.64. The smallest absolute Gasteiger partial charge is 0.155 e. The molecule has 0 aromatic rings. The molecule has 3 heteroatoms. The quantitative estimate of drug-likeness (QED) is 0.482. The first-order chi connectivity index (χ1) is 4.20. The first-order valence-electron chi connectivity index (χ1n) is 3.21. The Balaban J connectivity index is 2.35.